The number of halogens is 1. The Morgan fingerprint density at radius 2 is 1.85 bits per heavy atom. The first-order valence-electron chi connectivity index (χ1n) is 7.27. The van der Waals surface area contributed by atoms with E-state index in [1.807, 2.05) is 24.3 Å². The lowest BCUT2D eigenvalue weighted by Gasteiger charge is -2.28. The summed E-state index contributed by atoms with van der Waals surface area (Å²) in [6, 6.07) is 7.84. The fourth-order valence-electron chi connectivity index (χ4n) is 2.49. The van der Waals surface area contributed by atoms with Gasteiger partial charge in [-0.2, -0.15) is 0 Å². The van der Waals surface area contributed by atoms with Crippen molar-refractivity contribution in [3.8, 4) is 5.75 Å². The molecule has 1 saturated carbocycles. The van der Waals surface area contributed by atoms with Crippen LogP contribution >= 0.6 is 15.9 Å². The third-order valence-electron chi connectivity index (χ3n) is 3.86. The molecule has 110 valence electrons. The number of ether oxygens (including phenoxy) is 1. The zero-order chi connectivity index (χ0) is 14.5. The van der Waals surface area contributed by atoms with E-state index in [1.165, 1.54) is 12.8 Å². The van der Waals surface area contributed by atoms with E-state index in [2.05, 4.69) is 28.2 Å². The van der Waals surface area contributed by atoms with E-state index in [0.29, 0.717) is 11.8 Å². The Hall–Kier alpha value is -1.03. The number of rotatable bonds is 4. The number of benzene rings is 1. The van der Waals surface area contributed by atoms with Crippen LogP contribution < -0.4 is 10.1 Å². The molecule has 0 radical (unpaired) electrons. The summed E-state index contributed by atoms with van der Waals surface area (Å²) < 4.78 is 6.66. The van der Waals surface area contributed by atoms with Crippen LogP contribution in [0.4, 0.5) is 0 Å². The number of hydrogen-bond acceptors (Lipinski definition) is 2. The summed E-state index contributed by atoms with van der Waals surface area (Å²) in [6.07, 6.45) is 4.10. The second-order valence-corrected chi connectivity index (χ2v) is 6.60. The van der Waals surface area contributed by atoms with Crippen molar-refractivity contribution in [2.24, 2.45) is 5.92 Å². The van der Waals surface area contributed by atoms with Crippen LogP contribution in [0.15, 0.2) is 28.7 Å². The highest BCUT2D eigenvalue weighted by Crippen LogP contribution is 2.23. The van der Waals surface area contributed by atoms with Crippen LogP contribution in [-0.2, 0) is 4.79 Å². The van der Waals surface area contributed by atoms with Crippen LogP contribution in [-0.4, -0.2) is 18.1 Å². The maximum atomic E-state index is 12.1. The lowest BCUT2D eigenvalue weighted by molar-refractivity contribution is -0.128. The minimum absolute atomic E-state index is 0.0209. The Balaban J connectivity index is 1.81. The number of carbonyl (C=O) groups is 1. The van der Waals surface area contributed by atoms with Gasteiger partial charge < -0.3 is 10.1 Å². The van der Waals surface area contributed by atoms with E-state index in [0.717, 1.165) is 23.2 Å². The van der Waals surface area contributed by atoms with Gasteiger partial charge in [0.25, 0.3) is 5.91 Å². The molecule has 0 aliphatic heterocycles. The van der Waals surface area contributed by atoms with Crippen molar-refractivity contribution in [1.29, 1.82) is 0 Å². The summed E-state index contributed by atoms with van der Waals surface area (Å²) in [4.78, 5) is 12.1. The molecule has 0 heterocycles. The number of amides is 1. The van der Waals surface area contributed by atoms with Gasteiger partial charge in [0.05, 0.1) is 0 Å². The van der Waals surface area contributed by atoms with E-state index in [1.54, 1.807) is 6.92 Å². The minimum Gasteiger partial charge on any atom is -0.481 e. The predicted octanol–water partition coefficient (Wildman–Crippen LogP) is 3.91. The van der Waals surface area contributed by atoms with Crippen molar-refractivity contribution in [3.63, 3.8) is 0 Å². The van der Waals surface area contributed by atoms with Gasteiger partial charge in [0.15, 0.2) is 6.10 Å². The third-order valence-corrected chi connectivity index (χ3v) is 4.39. The third kappa shape index (κ3) is 4.51. The van der Waals surface area contributed by atoms with Gasteiger partial charge in [0, 0.05) is 10.5 Å². The summed E-state index contributed by atoms with van der Waals surface area (Å²) in [6.45, 7) is 4.07. The Bertz CT molecular complexity index is 438. The second-order valence-electron chi connectivity index (χ2n) is 5.68. The molecule has 4 heteroatoms. The zero-order valence-electron chi connectivity index (χ0n) is 12.1. The molecule has 1 aliphatic rings. The van der Waals surface area contributed by atoms with Gasteiger partial charge in [0.2, 0.25) is 0 Å². The summed E-state index contributed by atoms with van der Waals surface area (Å²) in [5, 5.41) is 3.10. The first-order chi connectivity index (χ1) is 9.54. The fourth-order valence-corrected chi connectivity index (χ4v) is 2.76. The van der Waals surface area contributed by atoms with E-state index in [4.69, 9.17) is 4.74 Å². The Labute approximate surface area is 129 Å². The predicted molar refractivity (Wildman–Crippen MR) is 83.8 cm³/mol. The quantitative estimate of drug-likeness (QED) is 0.902. The number of hydrogen-bond donors (Lipinski definition) is 1. The maximum absolute atomic E-state index is 12.1. The molecule has 3 nitrogen and oxygen atoms in total. The highest BCUT2D eigenvalue weighted by Gasteiger charge is 2.22. The largest absolute Gasteiger partial charge is 0.481 e. The molecule has 0 spiro atoms. The monoisotopic (exact) mass is 339 g/mol. The van der Waals surface area contributed by atoms with E-state index in [9.17, 15) is 4.79 Å². The summed E-state index contributed by atoms with van der Waals surface area (Å²) in [5.41, 5.74) is 0. The molecular formula is C16H22BrNO2. The van der Waals surface area contributed by atoms with Gasteiger partial charge in [-0.3, -0.25) is 4.79 Å². The lowest BCUT2D eigenvalue weighted by atomic mass is 9.87. The molecule has 1 fully saturated rings. The Morgan fingerprint density at radius 3 is 2.45 bits per heavy atom. The molecule has 1 aliphatic carbocycles. The van der Waals surface area contributed by atoms with E-state index in [-0.39, 0.29) is 5.91 Å². The average molecular weight is 340 g/mol. The fraction of sp³-hybridized carbons (Fsp3) is 0.562. The van der Waals surface area contributed by atoms with Crippen molar-refractivity contribution in [2.75, 3.05) is 0 Å². The van der Waals surface area contributed by atoms with Crippen LogP contribution in [0.2, 0.25) is 0 Å². The highest BCUT2D eigenvalue weighted by molar-refractivity contribution is 9.10. The molecule has 1 atom stereocenters. The topological polar surface area (TPSA) is 38.3 Å². The zero-order valence-corrected chi connectivity index (χ0v) is 13.7. The van der Waals surface area contributed by atoms with Gasteiger partial charge in [-0.15, -0.1) is 0 Å². The molecule has 20 heavy (non-hydrogen) atoms. The molecule has 1 N–H and O–H groups in total. The molecule has 0 saturated heterocycles. The Kier molecular flexibility index (Phi) is 5.46. The van der Waals surface area contributed by atoms with Crippen molar-refractivity contribution in [2.45, 2.75) is 51.7 Å². The van der Waals surface area contributed by atoms with Gasteiger partial charge in [0.1, 0.15) is 5.75 Å². The second kappa shape index (κ2) is 7.11. The van der Waals surface area contributed by atoms with Crippen LogP contribution in [0.3, 0.4) is 0 Å². The minimum atomic E-state index is -0.462. The van der Waals surface area contributed by atoms with Crippen LogP contribution in [0, 0.1) is 5.92 Å². The normalized spacial score (nSPS) is 23.9. The van der Waals surface area contributed by atoms with Crippen molar-refractivity contribution >= 4 is 21.8 Å². The molecule has 1 aromatic rings. The smallest absolute Gasteiger partial charge is 0.260 e. The Morgan fingerprint density at radius 1 is 1.25 bits per heavy atom. The molecular weight excluding hydrogens is 318 g/mol. The number of carbonyl (C=O) groups excluding carboxylic acids is 1. The molecule has 0 aromatic heterocycles. The van der Waals surface area contributed by atoms with Gasteiger partial charge >= 0.3 is 0 Å². The van der Waals surface area contributed by atoms with Crippen molar-refractivity contribution < 1.29 is 9.53 Å². The standard InChI is InChI=1S/C16H22BrNO2/c1-11-3-7-14(8-4-11)18-16(19)12(2)20-15-9-5-13(17)6-10-15/h5-6,9-12,14H,3-4,7-8H2,1-2H3,(H,18,19). The van der Waals surface area contributed by atoms with Crippen LogP contribution in [0.5, 0.6) is 5.75 Å². The van der Waals surface area contributed by atoms with Gasteiger partial charge in [-0.25, -0.2) is 0 Å². The van der Waals surface area contributed by atoms with Gasteiger partial charge in [-0.1, -0.05) is 22.9 Å². The van der Waals surface area contributed by atoms with Gasteiger partial charge in [-0.05, 0) is 62.8 Å². The van der Waals surface area contributed by atoms with Crippen LogP contribution in [0.25, 0.3) is 0 Å². The SMILES string of the molecule is CC1CCC(NC(=O)C(C)Oc2ccc(Br)cc2)CC1. The summed E-state index contributed by atoms with van der Waals surface area (Å²) >= 11 is 3.38. The molecule has 1 amide bonds. The molecule has 2 rings (SSSR count). The maximum Gasteiger partial charge on any atom is 0.260 e. The van der Waals surface area contributed by atoms with E-state index < -0.39 is 6.10 Å². The number of nitrogens with one attached hydrogen (secondary N) is 1. The lowest BCUT2D eigenvalue weighted by Crippen LogP contribution is -2.43. The highest BCUT2D eigenvalue weighted by atomic mass is 79.9. The molecule has 0 bridgehead atoms. The molecule has 1 aromatic carbocycles. The first-order valence-corrected chi connectivity index (χ1v) is 8.06. The van der Waals surface area contributed by atoms with Crippen LogP contribution in [0.1, 0.15) is 39.5 Å². The van der Waals surface area contributed by atoms with E-state index >= 15 is 0 Å². The molecule has 1 unspecified atom stereocenters. The summed E-state index contributed by atoms with van der Waals surface area (Å²) in [7, 11) is 0. The first kappa shape index (κ1) is 15.4. The average Bonchev–Trinajstić information content (AvgIpc) is 2.44. The van der Waals surface area contributed by atoms with Crippen molar-refractivity contribution in [1.82, 2.24) is 5.32 Å². The van der Waals surface area contributed by atoms with Crippen molar-refractivity contribution in [3.05, 3.63) is 28.7 Å². The summed E-state index contributed by atoms with van der Waals surface area (Å²) in [5.74, 6) is 1.49.